The zero-order chi connectivity index (χ0) is 27.4. The van der Waals surface area contributed by atoms with Crippen LogP contribution < -0.4 is 9.47 Å². The second-order valence-corrected chi connectivity index (χ2v) is 9.66. The number of hydrogen-bond acceptors (Lipinski definition) is 8. The molecule has 0 atom stereocenters. The molecule has 12 heteroatoms. The van der Waals surface area contributed by atoms with Crippen LogP contribution in [-0.2, 0) is 11.3 Å². The number of esters is 1. The molecule has 0 aliphatic carbocycles. The fraction of sp³-hybridized carbons (Fsp3) is 0.115. The number of ether oxygens (including phenoxy) is 2. The average molecular weight is 573 g/mol. The third-order valence-electron chi connectivity index (χ3n) is 5.28. The van der Waals surface area contributed by atoms with E-state index in [1.54, 1.807) is 43.3 Å². The van der Waals surface area contributed by atoms with Crippen molar-refractivity contribution in [1.29, 1.82) is 0 Å². The number of non-ortho nitro benzene ring substituents is 1. The fourth-order valence-electron chi connectivity index (χ4n) is 3.45. The Balaban J connectivity index is 1.52. The first-order valence-corrected chi connectivity index (χ1v) is 12.7. The van der Waals surface area contributed by atoms with E-state index in [1.165, 1.54) is 30.3 Å². The number of thioether (sulfide) groups is 1. The molecule has 0 unspecified atom stereocenters. The number of halogens is 2. The molecule has 4 rings (SSSR count). The molecule has 1 heterocycles. The molecular weight excluding hydrogens is 555 g/mol. The minimum atomic E-state index is -0.725. The first kappa shape index (κ1) is 27.2. The van der Waals surface area contributed by atoms with Crippen LogP contribution in [0.5, 0.6) is 11.5 Å². The normalized spacial score (nSPS) is 14.2. The van der Waals surface area contributed by atoms with Gasteiger partial charge in [-0.1, -0.05) is 35.3 Å². The quantitative estimate of drug-likeness (QED) is 0.0955. The molecule has 0 radical (unpaired) electrons. The van der Waals surface area contributed by atoms with Crippen molar-refractivity contribution < 1.29 is 28.8 Å². The van der Waals surface area contributed by atoms with Gasteiger partial charge in [-0.3, -0.25) is 24.6 Å². The van der Waals surface area contributed by atoms with Crippen LogP contribution in [0.3, 0.4) is 0 Å². The predicted molar refractivity (Wildman–Crippen MR) is 144 cm³/mol. The maximum absolute atomic E-state index is 12.9. The second-order valence-electron chi connectivity index (χ2n) is 7.85. The van der Waals surface area contributed by atoms with Gasteiger partial charge in [-0.2, -0.15) is 0 Å². The molecule has 0 bridgehead atoms. The van der Waals surface area contributed by atoms with Gasteiger partial charge < -0.3 is 9.47 Å². The van der Waals surface area contributed by atoms with Gasteiger partial charge in [0.2, 0.25) is 0 Å². The van der Waals surface area contributed by atoms with Crippen molar-refractivity contribution in [2.45, 2.75) is 13.5 Å². The lowest BCUT2D eigenvalue weighted by Gasteiger charge is -2.13. The van der Waals surface area contributed by atoms with Crippen LogP contribution in [0.25, 0.3) is 6.08 Å². The Labute approximate surface area is 231 Å². The molecule has 9 nitrogen and oxygen atoms in total. The van der Waals surface area contributed by atoms with Crippen molar-refractivity contribution in [3.8, 4) is 11.5 Å². The third kappa shape index (κ3) is 6.16. The summed E-state index contributed by atoms with van der Waals surface area (Å²) in [5.41, 5.74) is 1.17. The zero-order valence-corrected chi connectivity index (χ0v) is 22.0. The molecule has 0 saturated carbocycles. The molecular formula is C26H18Cl2N2O7S. The first-order chi connectivity index (χ1) is 18.2. The highest BCUT2D eigenvalue weighted by atomic mass is 35.5. The van der Waals surface area contributed by atoms with Crippen molar-refractivity contribution in [3.05, 3.63) is 102 Å². The van der Waals surface area contributed by atoms with Gasteiger partial charge in [-0.15, -0.1) is 0 Å². The Morgan fingerprint density at radius 2 is 1.76 bits per heavy atom. The van der Waals surface area contributed by atoms with Gasteiger partial charge in [0.1, 0.15) is 0 Å². The number of nitrogens with zero attached hydrogens (tertiary/aromatic N) is 2. The number of carbonyl (C=O) groups excluding carboxylic acids is 3. The molecule has 3 aromatic carbocycles. The lowest BCUT2D eigenvalue weighted by molar-refractivity contribution is -0.384. The molecule has 0 N–H and O–H groups in total. The van der Waals surface area contributed by atoms with E-state index < -0.39 is 22.0 Å². The van der Waals surface area contributed by atoms with Crippen LogP contribution in [0.15, 0.2) is 65.6 Å². The van der Waals surface area contributed by atoms with Crippen LogP contribution in [0.2, 0.25) is 10.0 Å². The van der Waals surface area contributed by atoms with Crippen molar-refractivity contribution in [1.82, 2.24) is 4.90 Å². The number of carbonyl (C=O) groups is 3. The molecule has 38 heavy (non-hydrogen) atoms. The fourth-order valence-corrected chi connectivity index (χ4v) is 4.61. The molecule has 0 spiro atoms. The Kier molecular flexibility index (Phi) is 8.35. The van der Waals surface area contributed by atoms with E-state index >= 15 is 0 Å². The summed E-state index contributed by atoms with van der Waals surface area (Å²) in [6.45, 7) is 2.06. The summed E-state index contributed by atoms with van der Waals surface area (Å²) in [6, 6.07) is 14.6. The smallest absolute Gasteiger partial charge is 0.343 e. The molecule has 0 aromatic heterocycles. The van der Waals surface area contributed by atoms with Crippen LogP contribution in [0.1, 0.15) is 28.4 Å². The molecule has 2 amide bonds. The SMILES string of the molecule is CCOc1cc(/C=C2\SC(=O)N(Cc3ccc(Cl)c(Cl)c3)C2=O)ccc1OC(=O)c1ccc([N+](=O)[O-])cc1. The van der Waals surface area contributed by atoms with Crippen LogP contribution in [0, 0.1) is 10.1 Å². The largest absolute Gasteiger partial charge is 0.490 e. The molecule has 194 valence electrons. The molecule has 1 fully saturated rings. The van der Waals surface area contributed by atoms with E-state index in [9.17, 15) is 24.5 Å². The lowest BCUT2D eigenvalue weighted by Crippen LogP contribution is -2.27. The number of benzene rings is 3. The van der Waals surface area contributed by atoms with E-state index in [2.05, 4.69) is 0 Å². The van der Waals surface area contributed by atoms with E-state index in [0.29, 0.717) is 21.2 Å². The van der Waals surface area contributed by atoms with Crippen LogP contribution in [0.4, 0.5) is 10.5 Å². The molecule has 1 aliphatic rings. The Hall–Kier alpha value is -3.86. The number of hydrogen-bond donors (Lipinski definition) is 0. The topological polar surface area (TPSA) is 116 Å². The van der Waals surface area contributed by atoms with Crippen LogP contribution >= 0.6 is 35.0 Å². The van der Waals surface area contributed by atoms with Gasteiger partial charge in [0.15, 0.2) is 11.5 Å². The highest BCUT2D eigenvalue weighted by molar-refractivity contribution is 8.18. The second kappa shape index (κ2) is 11.7. The number of nitro groups is 1. The minimum Gasteiger partial charge on any atom is -0.490 e. The molecule has 1 saturated heterocycles. The van der Waals surface area contributed by atoms with Gasteiger partial charge in [0.05, 0.1) is 38.6 Å². The lowest BCUT2D eigenvalue weighted by atomic mass is 10.1. The van der Waals surface area contributed by atoms with Gasteiger partial charge in [0, 0.05) is 12.1 Å². The standard InChI is InChI=1S/C26H18Cl2N2O7S/c1-2-36-22-12-15(4-10-21(22)37-25(32)17-5-7-18(8-6-17)30(34)35)13-23-24(31)29(26(33)38-23)14-16-3-9-19(27)20(28)11-16/h3-13H,2,14H2,1H3/b23-13-. The van der Waals surface area contributed by atoms with Crippen molar-refractivity contribution >= 4 is 63.8 Å². The van der Waals surface area contributed by atoms with E-state index in [-0.39, 0.29) is 40.8 Å². The monoisotopic (exact) mass is 572 g/mol. The highest BCUT2D eigenvalue weighted by Gasteiger charge is 2.35. The summed E-state index contributed by atoms with van der Waals surface area (Å²) in [5.74, 6) is -0.818. The maximum Gasteiger partial charge on any atom is 0.343 e. The molecule has 1 aliphatic heterocycles. The van der Waals surface area contributed by atoms with Crippen molar-refractivity contribution in [2.75, 3.05) is 6.61 Å². The highest BCUT2D eigenvalue weighted by Crippen LogP contribution is 2.36. The van der Waals surface area contributed by atoms with E-state index in [0.717, 1.165) is 16.7 Å². The van der Waals surface area contributed by atoms with Gasteiger partial charge in [-0.05, 0) is 72.3 Å². The maximum atomic E-state index is 12.9. The van der Waals surface area contributed by atoms with Gasteiger partial charge in [0.25, 0.3) is 16.8 Å². The summed E-state index contributed by atoms with van der Waals surface area (Å²) in [7, 11) is 0. The average Bonchev–Trinajstić information content (AvgIpc) is 3.15. The van der Waals surface area contributed by atoms with E-state index in [1.807, 2.05) is 0 Å². The predicted octanol–water partition coefficient (Wildman–Crippen LogP) is 6.76. The Morgan fingerprint density at radius 1 is 1.03 bits per heavy atom. The summed E-state index contributed by atoms with van der Waals surface area (Å²) >= 11 is 12.8. The number of rotatable bonds is 8. The Bertz CT molecular complexity index is 1470. The van der Waals surface area contributed by atoms with Crippen molar-refractivity contribution in [3.63, 3.8) is 0 Å². The van der Waals surface area contributed by atoms with Crippen molar-refractivity contribution in [2.24, 2.45) is 0 Å². The number of amides is 2. The summed E-state index contributed by atoms with van der Waals surface area (Å²) in [5, 5.41) is 11.1. The number of imide groups is 1. The summed E-state index contributed by atoms with van der Waals surface area (Å²) in [6.07, 6.45) is 1.55. The Morgan fingerprint density at radius 3 is 2.42 bits per heavy atom. The third-order valence-corrected chi connectivity index (χ3v) is 6.93. The van der Waals surface area contributed by atoms with E-state index in [4.69, 9.17) is 32.7 Å². The first-order valence-electron chi connectivity index (χ1n) is 11.1. The van der Waals surface area contributed by atoms with Gasteiger partial charge in [-0.25, -0.2) is 4.79 Å². The van der Waals surface area contributed by atoms with Gasteiger partial charge >= 0.3 is 5.97 Å². The van der Waals surface area contributed by atoms with Crippen LogP contribution in [-0.4, -0.2) is 33.5 Å². The summed E-state index contributed by atoms with van der Waals surface area (Å²) < 4.78 is 11.1. The number of nitro benzene ring substituents is 1. The minimum absolute atomic E-state index is 0.0423. The zero-order valence-electron chi connectivity index (χ0n) is 19.7. The molecule has 3 aromatic rings. The summed E-state index contributed by atoms with van der Waals surface area (Å²) in [4.78, 5) is 49.6.